The molecule has 32 heavy (non-hydrogen) atoms. The van der Waals surface area contributed by atoms with E-state index in [1.807, 2.05) is 19.1 Å². The van der Waals surface area contributed by atoms with Gasteiger partial charge in [-0.05, 0) is 42.8 Å². The van der Waals surface area contributed by atoms with E-state index >= 15 is 0 Å². The van der Waals surface area contributed by atoms with Gasteiger partial charge < -0.3 is 20.1 Å². The molecule has 0 atom stereocenters. The molecule has 0 unspecified atom stereocenters. The Kier molecular flexibility index (Phi) is 6.03. The summed E-state index contributed by atoms with van der Waals surface area (Å²) in [5, 5.41) is 5.52. The molecule has 0 fully saturated rings. The van der Waals surface area contributed by atoms with E-state index in [0.717, 1.165) is 5.56 Å². The van der Waals surface area contributed by atoms with Gasteiger partial charge in [0.25, 0.3) is 5.56 Å². The molecular formula is C24H22N4O4. The Balaban J connectivity index is 1.42. The second-order valence-corrected chi connectivity index (χ2v) is 7.10. The van der Waals surface area contributed by atoms with Crippen LogP contribution in [0.4, 0.5) is 16.2 Å². The number of carbonyl (C=O) groups excluding carboxylic acids is 1. The van der Waals surface area contributed by atoms with Crippen LogP contribution in [0, 0.1) is 6.92 Å². The fourth-order valence-electron chi connectivity index (χ4n) is 3.20. The molecule has 0 radical (unpaired) electrons. The van der Waals surface area contributed by atoms with Crippen LogP contribution >= 0.6 is 0 Å². The van der Waals surface area contributed by atoms with E-state index in [1.54, 1.807) is 61.8 Å². The summed E-state index contributed by atoms with van der Waals surface area (Å²) in [6, 6.07) is 18.8. The number of amides is 2. The summed E-state index contributed by atoms with van der Waals surface area (Å²) in [5.74, 6) is 1.19. The zero-order valence-corrected chi connectivity index (χ0v) is 17.7. The molecule has 0 saturated heterocycles. The molecular weight excluding hydrogens is 408 g/mol. The van der Waals surface area contributed by atoms with Gasteiger partial charge in [0, 0.05) is 35.8 Å². The lowest BCUT2D eigenvalue weighted by Crippen LogP contribution is -2.19. The zero-order chi connectivity index (χ0) is 22.5. The number of rotatable bonds is 6. The van der Waals surface area contributed by atoms with E-state index in [0.29, 0.717) is 34.2 Å². The lowest BCUT2D eigenvalue weighted by Gasteiger charge is -2.11. The van der Waals surface area contributed by atoms with Crippen LogP contribution in [0.5, 0.6) is 11.5 Å². The largest absolute Gasteiger partial charge is 0.497 e. The minimum atomic E-state index is -0.393. The predicted octanol–water partition coefficient (Wildman–Crippen LogP) is 4.23. The molecule has 162 valence electrons. The number of methoxy groups -OCH3 is 1. The third kappa shape index (κ3) is 4.86. The van der Waals surface area contributed by atoms with Gasteiger partial charge >= 0.3 is 6.03 Å². The molecule has 0 aliphatic heterocycles. The number of hydrogen-bond acceptors (Lipinski definition) is 5. The van der Waals surface area contributed by atoms with Crippen molar-refractivity contribution < 1.29 is 14.3 Å². The number of benzene rings is 2. The van der Waals surface area contributed by atoms with Crippen molar-refractivity contribution in [2.75, 3.05) is 17.7 Å². The van der Waals surface area contributed by atoms with Crippen molar-refractivity contribution in [1.82, 2.24) is 9.38 Å². The highest BCUT2D eigenvalue weighted by Crippen LogP contribution is 2.20. The van der Waals surface area contributed by atoms with Gasteiger partial charge in [-0.3, -0.25) is 9.20 Å². The Morgan fingerprint density at radius 1 is 0.969 bits per heavy atom. The van der Waals surface area contributed by atoms with Crippen molar-refractivity contribution in [3.8, 4) is 11.5 Å². The first-order valence-electron chi connectivity index (χ1n) is 9.95. The molecule has 2 aromatic carbocycles. The Labute approximate surface area is 184 Å². The summed E-state index contributed by atoms with van der Waals surface area (Å²) in [5.41, 5.74) is 3.03. The summed E-state index contributed by atoms with van der Waals surface area (Å²) in [4.78, 5) is 29.2. The maximum absolute atomic E-state index is 12.3. The van der Waals surface area contributed by atoms with Gasteiger partial charge in [0.15, 0.2) is 0 Å². The van der Waals surface area contributed by atoms with Crippen molar-refractivity contribution in [2.24, 2.45) is 0 Å². The summed E-state index contributed by atoms with van der Waals surface area (Å²) in [6.07, 6.45) is 1.69. The number of pyridine rings is 1. The summed E-state index contributed by atoms with van der Waals surface area (Å²) >= 11 is 0. The number of aryl methyl sites for hydroxylation is 1. The second kappa shape index (κ2) is 9.22. The molecule has 4 rings (SSSR count). The fourth-order valence-corrected chi connectivity index (χ4v) is 3.20. The average Bonchev–Trinajstić information content (AvgIpc) is 2.79. The highest BCUT2D eigenvalue weighted by molar-refractivity contribution is 5.99. The van der Waals surface area contributed by atoms with Gasteiger partial charge in [0.2, 0.25) is 0 Å². The average molecular weight is 430 g/mol. The number of carbonyl (C=O) groups is 1. The minimum absolute atomic E-state index is 0.125. The van der Waals surface area contributed by atoms with Gasteiger partial charge in [-0.25, -0.2) is 9.78 Å². The van der Waals surface area contributed by atoms with E-state index in [2.05, 4.69) is 15.6 Å². The molecule has 8 nitrogen and oxygen atoms in total. The zero-order valence-electron chi connectivity index (χ0n) is 17.7. The Morgan fingerprint density at radius 3 is 2.38 bits per heavy atom. The van der Waals surface area contributed by atoms with E-state index in [9.17, 15) is 9.59 Å². The van der Waals surface area contributed by atoms with Gasteiger partial charge in [-0.1, -0.05) is 18.2 Å². The Hall–Kier alpha value is -4.33. The highest BCUT2D eigenvalue weighted by Gasteiger charge is 2.07. The van der Waals surface area contributed by atoms with Crippen LogP contribution in [0.1, 0.15) is 11.3 Å². The van der Waals surface area contributed by atoms with Gasteiger partial charge in [-0.15, -0.1) is 0 Å². The summed E-state index contributed by atoms with van der Waals surface area (Å²) in [6.45, 7) is 2.03. The number of urea groups is 1. The van der Waals surface area contributed by atoms with E-state index in [1.165, 1.54) is 10.5 Å². The molecule has 2 N–H and O–H groups in total. The van der Waals surface area contributed by atoms with Crippen LogP contribution < -0.4 is 25.7 Å². The SMILES string of the molecule is COc1cccc(NC(=O)Nc2cccc(OCc3cc(=O)n4cccc(C)c4n3)c2)c1. The van der Waals surface area contributed by atoms with Crippen molar-refractivity contribution in [2.45, 2.75) is 13.5 Å². The van der Waals surface area contributed by atoms with Gasteiger partial charge in [0.1, 0.15) is 23.8 Å². The molecule has 4 aromatic rings. The smallest absolute Gasteiger partial charge is 0.323 e. The molecule has 2 aromatic heterocycles. The molecule has 2 amide bonds. The number of hydrogen-bond donors (Lipinski definition) is 2. The maximum Gasteiger partial charge on any atom is 0.323 e. The number of anilines is 2. The molecule has 8 heteroatoms. The van der Waals surface area contributed by atoms with Crippen molar-refractivity contribution in [3.63, 3.8) is 0 Å². The van der Waals surface area contributed by atoms with Gasteiger partial charge in [-0.2, -0.15) is 0 Å². The first-order chi connectivity index (χ1) is 15.5. The molecule has 2 heterocycles. The van der Waals surface area contributed by atoms with E-state index < -0.39 is 6.03 Å². The fraction of sp³-hybridized carbons (Fsp3) is 0.125. The van der Waals surface area contributed by atoms with E-state index in [-0.39, 0.29) is 12.2 Å². The lowest BCUT2D eigenvalue weighted by molar-refractivity contribution is 0.262. The summed E-state index contributed by atoms with van der Waals surface area (Å²) in [7, 11) is 1.57. The number of ether oxygens (including phenoxy) is 2. The van der Waals surface area contributed by atoms with Crippen molar-refractivity contribution in [1.29, 1.82) is 0 Å². The number of fused-ring (bicyclic) bond motifs is 1. The molecule has 0 aliphatic rings. The normalized spacial score (nSPS) is 10.6. The second-order valence-electron chi connectivity index (χ2n) is 7.10. The standard InChI is InChI=1S/C24H22N4O4/c1-16-6-5-11-28-22(29)14-19(25-23(16)28)15-32-21-10-4-8-18(13-21)27-24(30)26-17-7-3-9-20(12-17)31-2/h3-14H,15H2,1-2H3,(H2,26,27,30). The number of nitrogens with zero attached hydrogens (tertiary/aromatic N) is 2. The van der Waals surface area contributed by atoms with Crippen LogP contribution in [-0.4, -0.2) is 22.5 Å². The van der Waals surface area contributed by atoms with Crippen LogP contribution in [0.3, 0.4) is 0 Å². The molecule has 0 spiro atoms. The van der Waals surface area contributed by atoms with E-state index in [4.69, 9.17) is 9.47 Å². The Bertz CT molecular complexity index is 1330. The highest BCUT2D eigenvalue weighted by atomic mass is 16.5. The van der Waals surface area contributed by atoms with Gasteiger partial charge in [0.05, 0.1) is 12.8 Å². The Morgan fingerprint density at radius 2 is 1.66 bits per heavy atom. The maximum atomic E-state index is 12.3. The van der Waals surface area contributed by atoms with Crippen molar-refractivity contribution in [3.05, 3.63) is 94.5 Å². The predicted molar refractivity (Wildman–Crippen MR) is 123 cm³/mol. The monoisotopic (exact) mass is 430 g/mol. The van der Waals surface area contributed by atoms with Crippen molar-refractivity contribution >= 4 is 23.1 Å². The first-order valence-corrected chi connectivity index (χ1v) is 9.95. The molecule has 0 saturated carbocycles. The third-order valence-corrected chi connectivity index (χ3v) is 4.75. The number of aromatic nitrogens is 2. The van der Waals surface area contributed by atoms with Crippen LogP contribution in [0.25, 0.3) is 5.65 Å². The van der Waals surface area contributed by atoms with Crippen LogP contribution in [0.2, 0.25) is 0 Å². The molecule has 0 bridgehead atoms. The quantitative estimate of drug-likeness (QED) is 0.477. The minimum Gasteiger partial charge on any atom is -0.497 e. The molecule has 0 aliphatic carbocycles. The lowest BCUT2D eigenvalue weighted by atomic mass is 10.3. The first kappa shape index (κ1) is 20.9. The summed E-state index contributed by atoms with van der Waals surface area (Å²) < 4.78 is 12.5. The topological polar surface area (TPSA) is 94.0 Å². The third-order valence-electron chi connectivity index (χ3n) is 4.75. The van der Waals surface area contributed by atoms with Crippen LogP contribution in [-0.2, 0) is 6.61 Å². The van der Waals surface area contributed by atoms with Crippen LogP contribution in [0.15, 0.2) is 77.7 Å². The number of nitrogens with one attached hydrogen (secondary N) is 2.